The van der Waals surface area contributed by atoms with Crippen LogP contribution in [0.2, 0.25) is 5.02 Å². The minimum atomic E-state index is -0.393. The highest BCUT2D eigenvalue weighted by molar-refractivity contribution is 6.34. The first-order chi connectivity index (χ1) is 11.1. The van der Waals surface area contributed by atoms with Crippen LogP contribution in [-0.2, 0) is 0 Å². The third-order valence-corrected chi connectivity index (χ3v) is 3.68. The molecule has 0 aliphatic heterocycles. The van der Waals surface area contributed by atoms with Crippen molar-refractivity contribution in [1.29, 1.82) is 0 Å². The Morgan fingerprint density at radius 1 is 1.09 bits per heavy atom. The average molecular weight is 332 g/mol. The molecule has 3 rings (SSSR count). The van der Waals surface area contributed by atoms with Crippen molar-refractivity contribution in [3.63, 3.8) is 0 Å². The molecule has 0 saturated heterocycles. The number of hydrogen-bond acceptors (Lipinski definition) is 4. The summed E-state index contributed by atoms with van der Waals surface area (Å²) in [5.41, 5.74) is 1.06. The Labute approximate surface area is 137 Å². The molecule has 1 aromatic heterocycles. The number of halogens is 1. The van der Waals surface area contributed by atoms with Gasteiger partial charge < -0.3 is 19.2 Å². The van der Waals surface area contributed by atoms with Gasteiger partial charge in [-0.1, -0.05) is 29.8 Å². The van der Waals surface area contributed by atoms with Crippen molar-refractivity contribution in [3.8, 4) is 11.5 Å². The van der Waals surface area contributed by atoms with Crippen LogP contribution in [0.15, 0.2) is 46.9 Å². The van der Waals surface area contributed by atoms with E-state index in [9.17, 15) is 4.79 Å². The van der Waals surface area contributed by atoms with Crippen molar-refractivity contribution in [2.75, 3.05) is 19.5 Å². The molecule has 0 aliphatic carbocycles. The summed E-state index contributed by atoms with van der Waals surface area (Å²) in [6, 6.07) is 12.3. The van der Waals surface area contributed by atoms with E-state index >= 15 is 0 Å². The highest BCUT2D eigenvalue weighted by Gasteiger charge is 2.16. The molecule has 0 atom stereocenters. The molecule has 118 valence electrons. The Bertz CT molecular complexity index is 839. The summed E-state index contributed by atoms with van der Waals surface area (Å²) < 4.78 is 15.9. The molecule has 0 aliphatic rings. The maximum atomic E-state index is 12.4. The number of benzene rings is 2. The summed E-state index contributed by atoms with van der Waals surface area (Å²) in [7, 11) is 3.03. The molecule has 2 aromatic carbocycles. The number of methoxy groups -OCH3 is 2. The van der Waals surface area contributed by atoms with Gasteiger partial charge in [-0.15, -0.1) is 0 Å². The van der Waals surface area contributed by atoms with Gasteiger partial charge in [0, 0.05) is 17.5 Å². The van der Waals surface area contributed by atoms with Crippen LogP contribution in [0.1, 0.15) is 10.6 Å². The lowest BCUT2D eigenvalue weighted by Crippen LogP contribution is -2.11. The Kier molecular flexibility index (Phi) is 4.12. The molecule has 1 heterocycles. The van der Waals surface area contributed by atoms with E-state index in [0.29, 0.717) is 27.8 Å². The van der Waals surface area contributed by atoms with Gasteiger partial charge in [0.25, 0.3) is 5.91 Å². The molecular weight excluding hydrogens is 318 g/mol. The SMILES string of the molecule is COc1cc(Cl)c(NC(=O)c2cc3ccccc3o2)cc1OC. The molecule has 5 nitrogen and oxygen atoms in total. The maximum Gasteiger partial charge on any atom is 0.291 e. The molecule has 0 spiro atoms. The average Bonchev–Trinajstić information content (AvgIpc) is 3.00. The van der Waals surface area contributed by atoms with Gasteiger partial charge in [0.2, 0.25) is 0 Å². The Morgan fingerprint density at radius 3 is 2.48 bits per heavy atom. The largest absolute Gasteiger partial charge is 0.493 e. The molecule has 6 heteroatoms. The summed E-state index contributed by atoms with van der Waals surface area (Å²) in [5.74, 6) is 0.767. The number of carbonyl (C=O) groups is 1. The Balaban J connectivity index is 1.90. The van der Waals surface area contributed by atoms with Crippen LogP contribution in [0.4, 0.5) is 5.69 Å². The van der Waals surface area contributed by atoms with Crippen LogP contribution in [0.25, 0.3) is 11.0 Å². The zero-order chi connectivity index (χ0) is 16.4. The number of fused-ring (bicyclic) bond motifs is 1. The van der Waals surface area contributed by atoms with Gasteiger partial charge in [-0.05, 0) is 12.1 Å². The lowest BCUT2D eigenvalue weighted by molar-refractivity contribution is 0.0998. The van der Waals surface area contributed by atoms with Crippen molar-refractivity contribution in [2.45, 2.75) is 0 Å². The number of carbonyl (C=O) groups excluding carboxylic acids is 1. The van der Waals surface area contributed by atoms with E-state index in [1.807, 2.05) is 18.2 Å². The van der Waals surface area contributed by atoms with Crippen LogP contribution in [-0.4, -0.2) is 20.1 Å². The first-order valence-electron chi connectivity index (χ1n) is 6.84. The van der Waals surface area contributed by atoms with Crippen LogP contribution in [0, 0.1) is 0 Å². The molecule has 3 aromatic rings. The van der Waals surface area contributed by atoms with Gasteiger partial charge in [0.15, 0.2) is 17.3 Å². The van der Waals surface area contributed by atoms with Crippen molar-refractivity contribution in [2.24, 2.45) is 0 Å². The van der Waals surface area contributed by atoms with Crippen molar-refractivity contribution in [1.82, 2.24) is 0 Å². The smallest absolute Gasteiger partial charge is 0.291 e. The topological polar surface area (TPSA) is 60.7 Å². The zero-order valence-corrected chi connectivity index (χ0v) is 13.3. The first-order valence-corrected chi connectivity index (χ1v) is 7.21. The molecule has 0 saturated carbocycles. The summed E-state index contributed by atoms with van der Waals surface area (Å²) in [5, 5.41) is 3.91. The number of hydrogen-bond donors (Lipinski definition) is 1. The monoisotopic (exact) mass is 331 g/mol. The second-order valence-corrected chi connectivity index (χ2v) is 5.20. The summed E-state index contributed by atoms with van der Waals surface area (Å²) >= 11 is 6.17. The predicted octanol–water partition coefficient (Wildman–Crippen LogP) is 4.36. The second-order valence-electron chi connectivity index (χ2n) is 4.79. The highest BCUT2D eigenvalue weighted by Crippen LogP contribution is 2.36. The molecule has 0 unspecified atom stereocenters. The van der Waals surface area contributed by atoms with Gasteiger partial charge in [-0.3, -0.25) is 4.79 Å². The van der Waals surface area contributed by atoms with Gasteiger partial charge in [-0.2, -0.15) is 0 Å². The molecule has 23 heavy (non-hydrogen) atoms. The number of rotatable bonds is 4. The molecule has 0 bridgehead atoms. The first kappa shape index (κ1) is 15.2. The fourth-order valence-electron chi connectivity index (χ4n) is 2.23. The van der Waals surface area contributed by atoms with E-state index < -0.39 is 5.91 Å². The van der Waals surface area contributed by atoms with E-state index in [4.69, 9.17) is 25.5 Å². The molecule has 0 fully saturated rings. The number of nitrogens with one attached hydrogen (secondary N) is 1. The fourth-order valence-corrected chi connectivity index (χ4v) is 2.43. The molecule has 0 radical (unpaired) electrons. The molecular formula is C17H14ClNO4. The molecule has 1 N–H and O–H groups in total. The van der Waals surface area contributed by atoms with Gasteiger partial charge in [0.1, 0.15) is 5.58 Å². The van der Waals surface area contributed by atoms with E-state index in [2.05, 4.69) is 5.32 Å². The summed E-state index contributed by atoms with van der Waals surface area (Å²) in [4.78, 5) is 12.4. The number of furan rings is 1. The fraction of sp³-hybridized carbons (Fsp3) is 0.118. The summed E-state index contributed by atoms with van der Waals surface area (Å²) in [6.07, 6.45) is 0. The molecule has 1 amide bonds. The Morgan fingerprint density at radius 2 is 1.78 bits per heavy atom. The predicted molar refractivity (Wildman–Crippen MR) is 88.7 cm³/mol. The lowest BCUT2D eigenvalue weighted by Gasteiger charge is -2.12. The van der Waals surface area contributed by atoms with Gasteiger partial charge in [0.05, 0.1) is 24.9 Å². The third kappa shape index (κ3) is 2.96. The number of anilines is 1. The van der Waals surface area contributed by atoms with E-state index in [0.717, 1.165) is 5.39 Å². The minimum absolute atomic E-state index is 0.206. The van der Waals surface area contributed by atoms with E-state index in [-0.39, 0.29) is 5.76 Å². The van der Waals surface area contributed by atoms with Crippen molar-refractivity contribution in [3.05, 3.63) is 53.2 Å². The Hall–Kier alpha value is -2.66. The standard InChI is InChI=1S/C17H14ClNO4/c1-21-14-8-11(18)12(9-15(14)22-2)19-17(20)16-7-10-5-3-4-6-13(10)23-16/h3-9H,1-2H3,(H,19,20). The highest BCUT2D eigenvalue weighted by atomic mass is 35.5. The van der Waals surface area contributed by atoms with Crippen LogP contribution in [0.5, 0.6) is 11.5 Å². The number of amides is 1. The van der Waals surface area contributed by atoms with Gasteiger partial charge >= 0.3 is 0 Å². The number of para-hydroxylation sites is 1. The van der Waals surface area contributed by atoms with E-state index in [1.54, 1.807) is 24.3 Å². The lowest BCUT2D eigenvalue weighted by atomic mass is 10.2. The quantitative estimate of drug-likeness (QED) is 0.771. The maximum absolute atomic E-state index is 12.4. The van der Waals surface area contributed by atoms with Gasteiger partial charge in [-0.25, -0.2) is 0 Å². The number of ether oxygens (including phenoxy) is 2. The normalized spacial score (nSPS) is 10.6. The van der Waals surface area contributed by atoms with Crippen molar-refractivity contribution >= 4 is 34.2 Å². The summed E-state index contributed by atoms with van der Waals surface area (Å²) in [6.45, 7) is 0. The minimum Gasteiger partial charge on any atom is -0.493 e. The van der Waals surface area contributed by atoms with Crippen molar-refractivity contribution < 1.29 is 18.7 Å². The zero-order valence-electron chi connectivity index (χ0n) is 12.6. The van der Waals surface area contributed by atoms with E-state index in [1.165, 1.54) is 14.2 Å². The third-order valence-electron chi connectivity index (χ3n) is 3.37. The second kappa shape index (κ2) is 6.22. The van der Waals surface area contributed by atoms with Crippen LogP contribution >= 0.6 is 11.6 Å². The van der Waals surface area contributed by atoms with Crippen LogP contribution in [0.3, 0.4) is 0 Å². The van der Waals surface area contributed by atoms with Crippen LogP contribution < -0.4 is 14.8 Å².